The van der Waals surface area contributed by atoms with Crippen LogP contribution in [0.1, 0.15) is 13.3 Å². The van der Waals surface area contributed by atoms with Crippen molar-refractivity contribution in [1.29, 1.82) is 0 Å². The molecule has 80 valence electrons. The molecule has 0 aliphatic carbocycles. The standard InChI is InChI=1S/C7H10FNO5/c1-3(10)9-5(7(13)14)2-4(8)6(11)12/h4-5H,2H2,1H3,(H,9,10)(H,11,12)(H,13,14)/t4?,5-/m0/s1. The molecule has 0 aromatic heterocycles. The molecule has 3 N–H and O–H groups in total. The molecule has 6 nitrogen and oxygen atoms in total. The van der Waals surface area contributed by atoms with E-state index in [4.69, 9.17) is 10.2 Å². The molecule has 1 amide bonds. The van der Waals surface area contributed by atoms with E-state index in [2.05, 4.69) is 0 Å². The molecule has 0 saturated carbocycles. The number of carbonyl (C=O) groups excluding carboxylic acids is 1. The molecule has 0 spiro atoms. The molecule has 0 saturated heterocycles. The van der Waals surface area contributed by atoms with Gasteiger partial charge in [0.1, 0.15) is 6.04 Å². The Hall–Kier alpha value is -1.66. The van der Waals surface area contributed by atoms with Crippen LogP contribution in [0.5, 0.6) is 0 Å². The molecule has 0 aliphatic rings. The minimum atomic E-state index is -2.30. The molecule has 14 heavy (non-hydrogen) atoms. The smallest absolute Gasteiger partial charge is 0.338 e. The summed E-state index contributed by atoms with van der Waals surface area (Å²) in [4.78, 5) is 30.9. The predicted octanol–water partition coefficient (Wildman–Crippen LogP) is -0.611. The van der Waals surface area contributed by atoms with Gasteiger partial charge in [0.05, 0.1) is 0 Å². The Morgan fingerprint density at radius 3 is 2.07 bits per heavy atom. The Kier molecular flexibility index (Phi) is 4.54. The Morgan fingerprint density at radius 2 is 1.79 bits per heavy atom. The van der Waals surface area contributed by atoms with Crippen molar-refractivity contribution in [2.75, 3.05) is 0 Å². The fraction of sp³-hybridized carbons (Fsp3) is 0.571. The van der Waals surface area contributed by atoms with Gasteiger partial charge in [0.2, 0.25) is 5.91 Å². The van der Waals surface area contributed by atoms with Crippen molar-refractivity contribution < 1.29 is 29.0 Å². The quantitative estimate of drug-likeness (QED) is 0.557. The van der Waals surface area contributed by atoms with E-state index < -0.39 is 36.5 Å². The lowest BCUT2D eigenvalue weighted by Gasteiger charge is -2.13. The summed E-state index contributed by atoms with van der Waals surface area (Å²) < 4.78 is 12.6. The van der Waals surface area contributed by atoms with Crippen LogP contribution < -0.4 is 5.32 Å². The van der Waals surface area contributed by atoms with Crippen LogP contribution in [0.4, 0.5) is 4.39 Å². The normalized spacial score (nSPS) is 14.1. The van der Waals surface area contributed by atoms with Crippen molar-refractivity contribution in [2.45, 2.75) is 25.6 Å². The van der Waals surface area contributed by atoms with Gasteiger partial charge < -0.3 is 15.5 Å². The molecule has 0 rings (SSSR count). The van der Waals surface area contributed by atoms with Crippen molar-refractivity contribution in [3.8, 4) is 0 Å². The summed E-state index contributed by atoms with van der Waals surface area (Å²) in [6, 6.07) is -1.52. The maximum Gasteiger partial charge on any atom is 0.338 e. The van der Waals surface area contributed by atoms with Crippen molar-refractivity contribution in [2.24, 2.45) is 0 Å². The molecular formula is C7H10FNO5. The summed E-state index contributed by atoms with van der Waals surface area (Å²) in [5.41, 5.74) is 0. The summed E-state index contributed by atoms with van der Waals surface area (Å²) in [6.45, 7) is 1.06. The van der Waals surface area contributed by atoms with Crippen LogP contribution in [0, 0.1) is 0 Å². The van der Waals surface area contributed by atoms with E-state index in [-0.39, 0.29) is 0 Å². The van der Waals surface area contributed by atoms with Gasteiger partial charge in [-0.3, -0.25) is 4.79 Å². The number of aliphatic carboxylic acids is 2. The highest BCUT2D eigenvalue weighted by molar-refractivity contribution is 5.83. The van der Waals surface area contributed by atoms with Crippen LogP contribution in [-0.4, -0.2) is 40.3 Å². The van der Waals surface area contributed by atoms with Gasteiger partial charge in [-0.15, -0.1) is 0 Å². The second kappa shape index (κ2) is 5.15. The van der Waals surface area contributed by atoms with Crippen LogP contribution in [-0.2, 0) is 14.4 Å². The molecular weight excluding hydrogens is 197 g/mol. The molecule has 0 bridgehead atoms. The molecule has 0 aromatic carbocycles. The summed E-state index contributed by atoms with van der Waals surface area (Å²) in [5.74, 6) is -3.87. The minimum absolute atomic E-state index is 0.657. The monoisotopic (exact) mass is 207 g/mol. The lowest BCUT2D eigenvalue weighted by Crippen LogP contribution is -2.42. The maximum atomic E-state index is 12.6. The van der Waals surface area contributed by atoms with E-state index >= 15 is 0 Å². The number of hydrogen-bond donors (Lipinski definition) is 3. The van der Waals surface area contributed by atoms with Crippen molar-refractivity contribution in [3.05, 3.63) is 0 Å². The zero-order chi connectivity index (χ0) is 11.3. The number of carboxylic acids is 2. The first kappa shape index (κ1) is 12.3. The molecule has 0 fully saturated rings. The third-order valence-corrected chi connectivity index (χ3v) is 1.39. The number of rotatable bonds is 5. The number of halogens is 1. The highest BCUT2D eigenvalue weighted by Gasteiger charge is 2.27. The first-order chi connectivity index (χ1) is 6.34. The second-order valence-electron chi connectivity index (χ2n) is 2.63. The van der Waals surface area contributed by atoms with E-state index in [0.717, 1.165) is 6.92 Å². The van der Waals surface area contributed by atoms with Gasteiger partial charge in [0, 0.05) is 13.3 Å². The second-order valence-corrected chi connectivity index (χ2v) is 2.63. The van der Waals surface area contributed by atoms with E-state index in [1.54, 1.807) is 0 Å². The molecule has 7 heteroatoms. The average molecular weight is 207 g/mol. The number of nitrogens with one attached hydrogen (secondary N) is 1. The summed E-state index contributed by atoms with van der Waals surface area (Å²) in [5, 5.41) is 18.6. The third-order valence-electron chi connectivity index (χ3n) is 1.39. The van der Waals surface area contributed by atoms with Crippen molar-refractivity contribution in [3.63, 3.8) is 0 Å². The van der Waals surface area contributed by atoms with Gasteiger partial charge in [0.25, 0.3) is 0 Å². The Morgan fingerprint density at radius 1 is 1.29 bits per heavy atom. The first-order valence-corrected chi connectivity index (χ1v) is 3.71. The number of alkyl halides is 1. The van der Waals surface area contributed by atoms with Crippen LogP contribution in [0.25, 0.3) is 0 Å². The van der Waals surface area contributed by atoms with Gasteiger partial charge in [-0.1, -0.05) is 0 Å². The van der Waals surface area contributed by atoms with Gasteiger partial charge in [-0.25, -0.2) is 14.0 Å². The van der Waals surface area contributed by atoms with Gasteiger partial charge in [0.15, 0.2) is 6.17 Å². The largest absolute Gasteiger partial charge is 0.480 e. The lowest BCUT2D eigenvalue weighted by molar-refractivity contribution is -0.146. The lowest BCUT2D eigenvalue weighted by atomic mass is 10.1. The van der Waals surface area contributed by atoms with Crippen LogP contribution >= 0.6 is 0 Å². The number of amides is 1. The fourth-order valence-electron chi connectivity index (χ4n) is 0.775. The van der Waals surface area contributed by atoms with Gasteiger partial charge in [-0.2, -0.15) is 0 Å². The first-order valence-electron chi connectivity index (χ1n) is 3.71. The number of carbonyl (C=O) groups is 3. The molecule has 1 unspecified atom stereocenters. The number of hydrogen-bond acceptors (Lipinski definition) is 3. The molecule has 0 aliphatic heterocycles. The zero-order valence-corrected chi connectivity index (χ0v) is 7.36. The zero-order valence-electron chi connectivity index (χ0n) is 7.36. The predicted molar refractivity (Wildman–Crippen MR) is 42.4 cm³/mol. The molecule has 0 aromatic rings. The van der Waals surface area contributed by atoms with Gasteiger partial charge in [-0.05, 0) is 0 Å². The summed E-state index contributed by atoms with van der Waals surface area (Å²) in [6.07, 6.45) is -3.09. The van der Waals surface area contributed by atoms with Crippen molar-refractivity contribution >= 4 is 17.8 Å². The summed E-state index contributed by atoms with van der Waals surface area (Å²) in [7, 11) is 0. The van der Waals surface area contributed by atoms with Crippen LogP contribution in [0.3, 0.4) is 0 Å². The van der Waals surface area contributed by atoms with Crippen molar-refractivity contribution in [1.82, 2.24) is 5.32 Å². The third kappa shape index (κ3) is 4.39. The Labute approximate surface area is 78.7 Å². The Bertz CT molecular complexity index is 254. The maximum absolute atomic E-state index is 12.6. The SMILES string of the molecule is CC(=O)N[C@@H](CC(F)C(=O)O)C(=O)O. The fourth-order valence-corrected chi connectivity index (χ4v) is 0.775. The van der Waals surface area contributed by atoms with E-state index in [1.165, 1.54) is 0 Å². The topological polar surface area (TPSA) is 104 Å². The molecule has 2 atom stereocenters. The summed E-state index contributed by atoms with van der Waals surface area (Å²) >= 11 is 0. The van der Waals surface area contributed by atoms with Crippen LogP contribution in [0.15, 0.2) is 0 Å². The minimum Gasteiger partial charge on any atom is -0.480 e. The highest BCUT2D eigenvalue weighted by Crippen LogP contribution is 2.03. The highest BCUT2D eigenvalue weighted by atomic mass is 19.1. The number of carboxylic acid groups (broad SMARTS) is 2. The van der Waals surface area contributed by atoms with Gasteiger partial charge >= 0.3 is 11.9 Å². The Balaban J connectivity index is 4.30. The molecule has 0 heterocycles. The average Bonchev–Trinajstić information content (AvgIpc) is 2.01. The van der Waals surface area contributed by atoms with E-state index in [0.29, 0.717) is 0 Å². The van der Waals surface area contributed by atoms with Crippen LogP contribution in [0.2, 0.25) is 0 Å². The molecule has 0 radical (unpaired) electrons. The van der Waals surface area contributed by atoms with E-state index in [9.17, 15) is 18.8 Å². The van der Waals surface area contributed by atoms with E-state index in [1.807, 2.05) is 5.32 Å².